The molecule has 1 aromatic heterocycles. The van der Waals surface area contributed by atoms with E-state index in [9.17, 15) is 14.9 Å². The Morgan fingerprint density at radius 2 is 2.08 bits per heavy atom. The summed E-state index contributed by atoms with van der Waals surface area (Å²) in [5, 5.41) is 18.5. The number of fused-ring (bicyclic) bond motifs is 1. The van der Waals surface area contributed by atoms with Crippen LogP contribution in [0.15, 0.2) is 40.9 Å². The van der Waals surface area contributed by atoms with Crippen molar-refractivity contribution < 1.29 is 14.2 Å². The van der Waals surface area contributed by atoms with Crippen LogP contribution < -0.4 is 5.32 Å². The Morgan fingerprint density at radius 1 is 1.28 bits per heavy atom. The fourth-order valence-corrected chi connectivity index (χ4v) is 2.70. The van der Waals surface area contributed by atoms with Crippen LogP contribution in [0.25, 0.3) is 11.0 Å². The number of hydrogen-bond acceptors (Lipinski definition) is 5. The summed E-state index contributed by atoms with van der Waals surface area (Å²) in [6.45, 7) is 3.79. The number of nitro groups is 1. The summed E-state index contributed by atoms with van der Waals surface area (Å²) in [6.07, 6.45) is 0.578. The lowest BCUT2D eigenvalue weighted by atomic mass is 10.1. The minimum Gasteiger partial charge on any atom is -0.356 e. The highest BCUT2D eigenvalue weighted by Crippen LogP contribution is 2.24. The topological polar surface area (TPSA) is 98.3 Å². The Bertz CT molecular complexity index is 962. The van der Waals surface area contributed by atoms with Crippen LogP contribution in [-0.4, -0.2) is 16.0 Å². The molecule has 0 aliphatic rings. The Balaban J connectivity index is 1.79. The zero-order valence-electron chi connectivity index (χ0n) is 13.9. The normalized spacial score (nSPS) is 10.8. The molecule has 0 bridgehead atoms. The number of hydrogen-bond donors (Lipinski definition) is 1. The van der Waals surface area contributed by atoms with Crippen molar-refractivity contribution >= 4 is 28.3 Å². The van der Waals surface area contributed by atoms with E-state index in [2.05, 4.69) is 10.5 Å². The summed E-state index contributed by atoms with van der Waals surface area (Å²) in [6, 6.07) is 10.3. The first-order chi connectivity index (χ1) is 12.0. The molecule has 7 heteroatoms. The smallest absolute Gasteiger partial charge is 0.274 e. The Kier molecular flexibility index (Phi) is 4.47. The molecule has 2 aromatic carbocycles. The quantitative estimate of drug-likeness (QED) is 0.563. The molecule has 0 unspecified atom stereocenters. The number of carbonyl (C=O) groups excluding carboxylic acids is 1. The van der Waals surface area contributed by atoms with Crippen molar-refractivity contribution in [2.45, 2.75) is 26.7 Å². The molecule has 1 N–H and O–H groups in total. The number of carbonyl (C=O) groups is 1. The van der Waals surface area contributed by atoms with Gasteiger partial charge in [0.05, 0.1) is 11.3 Å². The zero-order chi connectivity index (χ0) is 18.0. The van der Waals surface area contributed by atoms with Crippen molar-refractivity contribution in [3.8, 4) is 0 Å². The third kappa shape index (κ3) is 3.50. The van der Waals surface area contributed by atoms with Gasteiger partial charge < -0.3 is 9.84 Å². The Morgan fingerprint density at radius 3 is 2.80 bits per heavy atom. The van der Waals surface area contributed by atoms with Gasteiger partial charge in [0.25, 0.3) is 5.69 Å². The van der Waals surface area contributed by atoms with Crippen molar-refractivity contribution in [2.24, 2.45) is 0 Å². The molecule has 0 aliphatic carbocycles. The van der Waals surface area contributed by atoms with E-state index in [0.717, 1.165) is 10.9 Å². The second-order valence-electron chi connectivity index (χ2n) is 5.81. The summed E-state index contributed by atoms with van der Waals surface area (Å²) in [5.41, 5.74) is 3.22. The van der Waals surface area contributed by atoms with E-state index in [4.69, 9.17) is 4.52 Å². The molecule has 1 heterocycles. The molecular formula is C18H17N3O4. The predicted octanol–water partition coefficient (Wildman–Crippen LogP) is 3.79. The van der Waals surface area contributed by atoms with Gasteiger partial charge in [-0.05, 0) is 31.5 Å². The van der Waals surface area contributed by atoms with Crippen LogP contribution in [0.2, 0.25) is 0 Å². The molecule has 3 rings (SSSR count). The molecular weight excluding hydrogens is 322 g/mol. The maximum Gasteiger partial charge on any atom is 0.274 e. The molecule has 0 saturated carbocycles. The van der Waals surface area contributed by atoms with Crippen LogP contribution in [-0.2, 0) is 17.6 Å². The number of nitro benzene ring substituents is 1. The summed E-state index contributed by atoms with van der Waals surface area (Å²) < 4.78 is 5.22. The molecule has 0 atom stereocenters. The van der Waals surface area contributed by atoms with Gasteiger partial charge in [-0.3, -0.25) is 14.9 Å². The van der Waals surface area contributed by atoms with E-state index < -0.39 is 4.92 Å². The van der Waals surface area contributed by atoms with Crippen LogP contribution >= 0.6 is 0 Å². The molecule has 1 amide bonds. The number of nitrogens with one attached hydrogen (secondary N) is 1. The van der Waals surface area contributed by atoms with E-state index in [-0.39, 0.29) is 18.0 Å². The average Bonchev–Trinajstić information content (AvgIpc) is 2.96. The maximum absolute atomic E-state index is 12.3. The SMILES string of the molecule is CCc1ccc(NC(=O)Cc2noc3ccc(C)cc23)cc1[N+](=O)[O-]. The largest absolute Gasteiger partial charge is 0.356 e. The molecule has 128 valence electrons. The molecule has 3 aromatic rings. The molecule has 0 fully saturated rings. The van der Waals surface area contributed by atoms with Gasteiger partial charge in [-0.1, -0.05) is 29.8 Å². The number of nitrogens with zero attached hydrogens (tertiary/aromatic N) is 2. The van der Waals surface area contributed by atoms with Crippen molar-refractivity contribution in [3.63, 3.8) is 0 Å². The van der Waals surface area contributed by atoms with E-state index in [1.54, 1.807) is 12.1 Å². The third-order valence-electron chi connectivity index (χ3n) is 3.97. The highest BCUT2D eigenvalue weighted by molar-refractivity contribution is 5.95. The fourth-order valence-electron chi connectivity index (χ4n) is 2.70. The van der Waals surface area contributed by atoms with Crippen LogP contribution in [0.3, 0.4) is 0 Å². The van der Waals surface area contributed by atoms with Crippen LogP contribution in [0.5, 0.6) is 0 Å². The number of amides is 1. The summed E-state index contributed by atoms with van der Waals surface area (Å²) in [4.78, 5) is 23.0. The van der Waals surface area contributed by atoms with E-state index >= 15 is 0 Å². The molecule has 7 nitrogen and oxygen atoms in total. The van der Waals surface area contributed by atoms with Gasteiger partial charge in [0.15, 0.2) is 5.58 Å². The highest BCUT2D eigenvalue weighted by Gasteiger charge is 2.16. The van der Waals surface area contributed by atoms with Gasteiger partial charge in [-0.25, -0.2) is 0 Å². The van der Waals surface area contributed by atoms with Crippen molar-refractivity contribution in [1.29, 1.82) is 0 Å². The number of rotatable bonds is 5. The number of aromatic nitrogens is 1. The average molecular weight is 339 g/mol. The van der Waals surface area contributed by atoms with Crippen molar-refractivity contribution in [3.05, 3.63) is 63.3 Å². The highest BCUT2D eigenvalue weighted by atomic mass is 16.6. The third-order valence-corrected chi connectivity index (χ3v) is 3.97. The second-order valence-corrected chi connectivity index (χ2v) is 5.81. The summed E-state index contributed by atoms with van der Waals surface area (Å²) >= 11 is 0. The summed E-state index contributed by atoms with van der Waals surface area (Å²) in [5.74, 6) is -0.310. The van der Waals surface area contributed by atoms with Crippen molar-refractivity contribution in [1.82, 2.24) is 5.16 Å². The lowest BCUT2D eigenvalue weighted by Crippen LogP contribution is -2.15. The molecule has 0 saturated heterocycles. The van der Waals surface area contributed by atoms with Crippen LogP contribution in [0, 0.1) is 17.0 Å². The minimum atomic E-state index is -0.442. The Hall–Kier alpha value is -3.22. The van der Waals surface area contributed by atoms with E-state index in [1.807, 2.05) is 32.0 Å². The monoisotopic (exact) mass is 339 g/mol. The number of aryl methyl sites for hydroxylation is 2. The number of benzene rings is 2. The standard InChI is InChI=1S/C18H17N3O4/c1-3-12-5-6-13(9-16(12)21(23)24)19-18(22)10-15-14-8-11(2)4-7-17(14)25-20-15/h4-9H,3,10H2,1-2H3,(H,19,22). The first-order valence-corrected chi connectivity index (χ1v) is 7.90. The lowest BCUT2D eigenvalue weighted by Gasteiger charge is -2.06. The summed E-state index contributed by atoms with van der Waals surface area (Å²) in [7, 11) is 0. The Labute approximate surface area is 143 Å². The van der Waals surface area contributed by atoms with Gasteiger partial charge >= 0.3 is 0 Å². The first-order valence-electron chi connectivity index (χ1n) is 7.90. The minimum absolute atomic E-state index is 0.00260. The lowest BCUT2D eigenvalue weighted by molar-refractivity contribution is -0.385. The zero-order valence-corrected chi connectivity index (χ0v) is 13.9. The van der Waals surface area contributed by atoms with Gasteiger partial charge in [-0.2, -0.15) is 0 Å². The molecule has 0 aliphatic heterocycles. The molecule has 25 heavy (non-hydrogen) atoms. The van der Waals surface area contributed by atoms with Crippen LogP contribution in [0.4, 0.5) is 11.4 Å². The first kappa shape index (κ1) is 16.6. The maximum atomic E-state index is 12.3. The van der Waals surface area contributed by atoms with Gasteiger partial charge in [-0.15, -0.1) is 0 Å². The predicted molar refractivity (Wildman–Crippen MR) is 93.6 cm³/mol. The van der Waals surface area contributed by atoms with E-state index in [1.165, 1.54) is 6.07 Å². The van der Waals surface area contributed by atoms with Gasteiger partial charge in [0.2, 0.25) is 5.91 Å². The van der Waals surface area contributed by atoms with E-state index in [0.29, 0.717) is 28.9 Å². The second kappa shape index (κ2) is 6.72. The molecule has 0 radical (unpaired) electrons. The van der Waals surface area contributed by atoms with Crippen LogP contribution in [0.1, 0.15) is 23.7 Å². The van der Waals surface area contributed by atoms with Gasteiger partial charge in [0, 0.05) is 22.7 Å². The van der Waals surface area contributed by atoms with Crippen molar-refractivity contribution in [2.75, 3.05) is 5.32 Å². The molecule has 0 spiro atoms. The number of anilines is 1. The van der Waals surface area contributed by atoms with Gasteiger partial charge in [0.1, 0.15) is 5.69 Å². The fraction of sp³-hybridized carbons (Fsp3) is 0.222.